The molecule has 4 heteroatoms. The second kappa shape index (κ2) is 30.0. The summed E-state index contributed by atoms with van der Waals surface area (Å²) in [6.45, 7) is 26.1. The van der Waals surface area contributed by atoms with Crippen molar-refractivity contribution in [1.82, 2.24) is 0 Å². The fourth-order valence-electron chi connectivity index (χ4n) is 2.26. The molecule has 0 aliphatic heterocycles. The van der Waals surface area contributed by atoms with Crippen molar-refractivity contribution in [1.29, 1.82) is 0 Å². The molecule has 6 unspecified atom stereocenters. The normalized spacial score (nSPS) is 15.4. The molecule has 1 rings (SSSR count). The second-order valence-electron chi connectivity index (χ2n) is 8.95. The van der Waals surface area contributed by atoms with Crippen LogP contribution < -0.4 is 0 Å². The molecule has 0 amide bonds. The van der Waals surface area contributed by atoms with Gasteiger partial charge in [0.2, 0.25) is 0 Å². The topological polar surface area (TPSA) is 42.3 Å². The minimum Gasteiger partial charge on any atom is -0.657 e. The SMILES string of the molecule is CCC(C)[N-]C(C)CC.CCC(C)[N-]C(C)CC.CCC(C)[N-]C(C)CC.[Ti+4].c1cc[cH-]c1. The molecule has 1 aromatic rings. The molecular formula is C29H59N3Ti. The smallest absolute Gasteiger partial charge is 0.657 e. The monoisotopic (exact) mass is 497 g/mol. The van der Waals surface area contributed by atoms with Gasteiger partial charge in [-0.3, -0.25) is 0 Å². The van der Waals surface area contributed by atoms with Gasteiger partial charge in [0, 0.05) is 0 Å². The molecule has 33 heavy (non-hydrogen) atoms. The Morgan fingerprint density at radius 2 is 0.636 bits per heavy atom. The maximum absolute atomic E-state index is 4.51. The molecule has 6 atom stereocenters. The van der Waals surface area contributed by atoms with E-state index in [2.05, 4.69) is 99.0 Å². The van der Waals surface area contributed by atoms with Crippen LogP contribution in [0.15, 0.2) is 30.3 Å². The Labute approximate surface area is 225 Å². The van der Waals surface area contributed by atoms with Crippen LogP contribution in [0, 0.1) is 0 Å². The summed E-state index contributed by atoms with van der Waals surface area (Å²) in [5, 5.41) is 13.5. The van der Waals surface area contributed by atoms with Gasteiger partial charge >= 0.3 is 21.7 Å². The van der Waals surface area contributed by atoms with Crippen LogP contribution >= 0.6 is 0 Å². The Balaban J connectivity index is -0.000000171. The third kappa shape index (κ3) is 34.2. The van der Waals surface area contributed by atoms with Crippen LogP contribution in [0.1, 0.15) is 122 Å². The van der Waals surface area contributed by atoms with E-state index in [1.54, 1.807) is 0 Å². The second-order valence-corrected chi connectivity index (χ2v) is 8.95. The molecular weight excluding hydrogens is 438 g/mol. The molecule has 0 aromatic heterocycles. The largest absolute Gasteiger partial charge is 4.00 e. The average molecular weight is 498 g/mol. The van der Waals surface area contributed by atoms with E-state index in [-0.39, 0.29) is 21.7 Å². The van der Waals surface area contributed by atoms with Gasteiger partial charge in [0.15, 0.2) is 0 Å². The maximum Gasteiger partial charge on any atom is 4.00 e. The molecule has 0 aliphatic rings. The number of hydrogen-bond donors (Lipinski definition) is 0. The molecule has 1 aromatic carbocycles. The zero-order valence-corrected chi connectivity index (χ0v) is 26.0. The maximum atomic E-state index is 4.51. The summed E-state index contributed by atoms with van der Waals surface area (Å²) in [5.41, 5.74) is 0. The van der Waals surface area contributed by atoms with Crippen molar-refractivity contribution in [3.63, 3.8) is 0 Å². The predicted octanol–water partition coefficient (Wildman–Crippen LogP) is 10.3. The first-order valence-corrected chi connectivity index (χ1v) is 13.4. The predicted molar refractivity (Wildman–Crippen MR) is 151 cm³/mol. The minimum absolute atomic E-state index is 0. The Morgan fingerprint density at radius 1 is 0.455 bits per heavy atom. The van der Waals surface area contributed by atoms with Gasteiger partial charge < -0.3 is 16.0 Å². The first kappa shape index (κ1) is 40.1. The summed E-state index contributed by atoms with van der Waals surface area (Å²) in [7, 11) is 0. The van der Waals surface area contributed by atoms with Gasteiger partial charge in [-0.2, -0.15) is 18.2 Å². The molecule has 0 saturated carbocycles. The van der Waals surface area contributed by atoms with Crippen LogP contribution in [0.3, 0.4) is 0 Å². The molecule has 194 valence electrons. The van der Waals surface area contributed by atoms with Crippen molar-refractivity contribution in [2.75, 3.05) is 0 Å². The first-order valence-electron chi connectivity index (χ1n) is 13.4. The Bertz CT molecular complexity index is 340. The molecule has 0 N–H and O–H groups in total. The van der Waals surface area contributed by atoms with E-state index in [1.807, 2.05) is 30.3 Å². The van der Waals surface area contributed by atoms with E-state index in [0.717, 1.165) is 0 Å². The van der Waals surface area contributed by atoms with E-state index in [0.29, 0.717) is 36.3 Å². The van der Waals surface area contributed by atoms with Crippen LogP contribution in [0.2, 0.25) is 0 Å². The fraction of sp³-hybridized carbons (Fsp3) is 0.828. The van der Waals surface area contributed by atoms with E-state index < -0.39 is 0 Å². The van der Waals surface area contributed by atoms with E-state index in [4.69, 9.17) is 0 Å². The van der Waals surface area contributed by atoms with E-state index >= 15 is 0 Å². The van der Waals surface area contributed by atoms with Crippen LogP contribution in [0.5, 0.6) is 0 Å². The van der Waals surface area contributed by atoms with Crippen molar-refractivity contribution in [2.24, 2.45) is 0 Å². The molecule has 0 radical (unpaired) electrons. The van der Waals surface area contributed by atoms with Crippen molar-refractivity contribution in [3.05, 3.63) is 46.3 Å². The van der Waals surface area contributed by atoms with Crippen LogP contribution in [-0.4, -0.2) is 36.3 Å². The molecule has 0 saturated heterocycles. The summed E-state index contributed by atoms with van der Waals surface area (Å²) in [6.07, 6.45) is 7.03. The number of nitrogens with zero attached hydrogens (tertiary/aromatic N) is 3. The molecule has 0 spiro atoms. The van der Waals surface area contributed by atoms with Gasteiger partial charge in [-0.05, 0) is 0 Å². The number of hydrogen-bond acceptors (Lipinski definition) is 0. The summed E-state index contributed by atoms with van der Waals surface area (Å²) in [5.74, 6) is 0. The Morgan fingerprint density at radius 3 is 0.727 bits per heavy atom. The van der Waals surface area contributed by atoms with Crippen LogP contribution in [0.4, 0.5) is 0 Å². The molecule has 0 heterocycles. The van der Waals surface area contributed by atoms with Gasteiger partial charge in [0.1, 0.15) is 0 Å². The molecule has 0 fully saturated rings. The fourth-order valence-corrected chi connectivity index (χ4v) is 2.26. The Kier molecular flexibility index (Phi) is 36.4. The summed E-state index contributed by atoms with van der Waals surface area (Å²) in [4.78, 5) is 0. The van der Waals surface area contributed by atoms with Gasteiger partial charge in [-0.25, -0.2) is 12.1 Å². The summed E-state index contributed by atoms with van der Waals surface area (Å²) in [6, 6.07) is 13.3. The molecule has 3 nitrogen and oxygen atoms in total. The van der Waals surface area contributed by atoms with Crippen LogP contribution in [-0.2, 0) is 21.7 Å². The third-order valence-corrected chi connectivity index (χ3v) is 5.63. The minimum atomic E-state index is 0. The van der Waals surface area contributed by atoms with Crippen molar-refractivity contribution in [3.8, 4) is 0 Å². The van der Waals surface area contributed by atoms with Crippen molar-refractivity contribution >= 4 is 0 Å². The zero-order valence-electron chi connectivity index (χ0n) is 24.4. The van der Waals surface area contributed by atoms with E-state index in [9.17, 15) is 0 Å². The van der Waals surface area contributed by atoms with Gasteiger partial charge in [-0.1, -0.05) is 122 Å². The Hall–Kier alpha value is -0.0557. The van der Waals surface area contributed by atoms with E-state index in [1.165, 1.54) is 38.5 Å². The van der Waals surface area contributed by atoms with Crippen molar-refractivity contribution in [2.45, 2.75) is 158 Å². The van der Waals surface area contributed by atoms with Crippen molar-refractivity contribution < 1.29 is 21.7 Å². The average Bonchev–Trinajstić information content (AvgIpc) is 3.39. The quantitative estimate of drug-likeness (QED) is 0.204. The van der Waals surface area contributed by atoms with Crippen LogP contribution in [0.25, 0.3) is 16.0 Å². The molecule has 0 aliphatic carbocycles. The molecule has 0 bridgehead atoms. The first-order chi connectivity index (χ1) is 15.1. The zero-order chi connectivity index (χ0) is 25.4. The standard InChI is InChI=1S/3C8H18N.C5H5.Ti/c3*1-5-7(3)9-8(4)6-2;1-2-4-5-3-1;/h3*7-8H,5-6H2,1-4H3;1-5H;/q4*-1;+4. The van der Waals surface area contributed by atoms with Gasteiger partial charge in [0.25, 0.3) is 0 Å². The van der Waals surface area contributed by atoms with Gasteiger partial charge in [-0.15, -0.1) is 36.3 Å². The third-order valence-electron chi connectivity index (χ3n) is 5.63. The number of rotatable bonds is 12. The summed E-state index contributed by atoms with van der Waals surface area (Å²) >= 11 is 0. The summed E-state index contributed by atoms with van der Waals surface area (Å²) < 4.78 is 0. The van der Waals surface area contributed by atoms with Gasteiger partial charge in [0.05, 0.1) is 0 Å².